The molecule has 2 heterocycles. The number of nitrogens with zero attached hydrogens (tertiary/aromatic N) is 3. The van der Waals surface area contributed by atoms with Crippen LogP contribution < -0.4 is 10.1 Å². The Morgan fingerprint density at radius 1 is 1.14 bits per heavy atom. The van der Waals surface area contributed by atoms with Crippen LogP contribution in [0.1, 0.15) is 35.6 Å². The standard InChI is InChI=1S/C23H26N4O2/c1-29-21-10-8-20(9-11-21)22-3-2-13-27(22)23(28)25-15-18-4-6-19(7-5-18)16-26-14-12-24-17-26/h4-12,14,17,22H,2-3,13,15-16H2,1H3,(H,25,28). The monoisotopic (exact) mass is 390 g/mol. The van der Waals surface area contributed by atoms with Crippen LogP contribution in [0.2, 0.25) is 0 Å². The molecule has 0 aliphatic carbocycles. The van der Waals surface area contributed by atoms with Crippen molar-refractivity contribution in [2.24, 2.45) is 0 Å². The summed E-state index contributed by atoms with van der Waals surface area (Å²) in [5.41, 5.74) is 3.45. The van der Waals surface area contributed by atoms with E-state index in [1.54, 1.807) is 13.3 Å². The summed E-state index contributed by atoms with van der Waals surface area (Å²) >= 11 is 0. The molecule has 0 radical (unpaired) electrons. The minimum Gasteiger partial charge on any atom is -0.497 e. The Morgan fingerprint density at radius 3 is 2.59 bits per heavy atom. The van der Waals surface area contributed by atoms with Crippen molar-refractivity contribution < 1.29 is 9.53 Å². The predicted octanol–water partition coefficient (Wildman–Crippen LogP) is 3.99. The number of carbonyl (C=O) groups is 1. The molecular weight excluding hydrogens is 364 g/mol. The van der Waals surface area contributed by atoms with Gasteiger partial charge in [-0.05, 0) is 41.7 Å². The number of carbonyl (C=O) groups excluding carboxylic acids is 1. The van der Waals surface area contributed by atoms with E-state index in [4.69, 9.17) is 4.74 Å². The minimum absolute atomic E-state index is 0.00851. The first-order valence-electron chi connectivity index (χ1n) is 9.95. The molecule has 3 aromatic rings. The first-order chi connectivity index (χ1) is 14.2. The number of benzene rings is 2. The van der Waals surface area contributed by atoms with Gasteiger partial charge in [0.05, 0.1) is 19.5 Å². The molecule has 29 heavy (non-hydrogen) atoms. The van der Waals surface area contributed by atoms with Crippen LogP contribution >= 0.6 is 0 Å². The predicted molar refractivity (Wildman–Crippen MR) is 112 cm³/mol. The van der Waals surface area contributed by atoms with Gasteiger partial charge in [-0.15, -0.1) is 0 Å². The lowest BCUT2D eigenvalue weighted by molar-refractivity contribution is 0.192. The Balaban J connectivity index is 1.33. The summed E-state index contributed by atoms with van der Waals surface area (Å²) in [6.45, 7) is 2.10. The molecule has 6 heteroatoms. The molecule has 4 rings (SSSR count). The molecule has 2 amide bonds. The van der Waals surface area contributed by atoms with Gasteiger partial charge in [-0.25, -0.2) is 9.78 Å². The summed E-state index contributed by atoms with van der Waals surface area (Å²) in [6.07, 6.45) is 7.55. The average molecular weight is 390 g/mol. The summed E-state index contributed by atoms with van der Waals surface area (Å²) in [7, 11) is 1.66. The molecule has 0 spiro atoms. The first kappa shape index (κ1) is 19.1. The maximum absolute atomic E-state index is 12.8. The summed E-state index contributed by atoms with van der Waals surface area (Å²) in [5, 5.41) is 3.08. The van der Waals surface area contributed by atoms with E-state index in [0.717, 1.165) is 42.8 Å². The number of hydrogen-bond acceptors (Lipinski definition) is 3. The number of ether oxygens (including phenoxy) is 1. The van der Waals surface area contributed by atoms with E-state index in [-0.39, 0.29) is 12.1 Å². The van der Waals surface area contributed by atoms with Gasteiger partial charge in [0.15, 0.2) is 0 Å². The van der Waals surface area contributed by atoms with Gasteiger partial charge in [-0.3, -0.25) is 0 Å². The first-order valence-corrected chi connectivity index (χ1v) is 9.95. The van der Waals surface area contributed by atoms with E-state index in [1.165, 1.54) is 5.56 Å². The molecule has 1 atom stereocenters. The zero-order valence-corrected chi connectivity index (χ0v) is 16.6. The Bertz CT molecular complexity index is 921. The summed E-state index contributed by atoms with van der Waals surface area (Å²) in [4.78, 5) is 18.8. The number of urea groups is 1. The average Bonchev–Trinajstić information content (AvgIpc) is 3.45. The fourth-order valence-electron chi connectivity index (χ4n) is 3.82. The highest BCUT2D eigenvalue weighted by Gasteiger charge is 2.29. The Hall–Kier alpha value is -3.28. The minimum atomic E-state index is -0.00851. The Labute approximate surface area is 171 Å². The fourth-order valence-corrected chi connectivity index (χ4v) is 3.82. The highest BCUT2D eigenvalue weighted by molar-refractivity contribution is 5.75. The molecule has 1 unspecified atom stereocenters. The number of hydrogen-bond donors (Lipinski definition) is 1. The molecule has 1 aromatic heterocycles. The van der Waals surface area contributed by atoms with E-state index >= 15 is 0 Å². The Kier molecular flexibility index (Phi) is 5.79. The number of nitrogens with one attached hydrogen (secondary N) is 1. The topological polar surface area (TPSA) is 59.4 Å². The van der Waals surface area contributed by atoms with E-state index in [2.05, 4.69) is 34.6 Å². The number of rotatable bonds is 6. The van der Waals surface area contributed by atoms with Crippen molar-refractivity contribution in [2.75, 3.05) is 13.7 Å². The van der Waals surface area contributed by atoms with E-state index in [0.29, 0.717) is 6.54 Å². The van der Waals surface area contributed by atoms with Gasteiger partial charge in [0, 0.05) is 32.0 Å². The molecule has 2 aromatic carbocycles. The Morgan fingerprint density at radius 2 is 1.90 bits per heavy atom. The van der Waals surface area contributed by atoms with Crippen LogP contribution in [0.5, 0.6) is 5.75 Å². The second kappa shape index (κ2) is 8.82. The smallest absolute Gasteiger partial charge is 0.318 e. The van der Waals surface area contributed by atoms with Gasteiger partial charge in [0.2, 0.25) is 0 Å². The third-order valence-corrected chi connectivity index (χ3v) is 5.41. The lowest BCUT2D eigenvalue weighted by Gasteiger charge is -2.25. The van der Waals surface area contributed by atoms with Crippen molar-refractivity contribution >= 4 is 6.03 Å². The lowest BCUT2D eigenvalue weighted by Crippen LogP contribution is -2.39. The molecule has 0 saturated carbocycles. The molecule has 1 saturated heterocycles. The zero-order chi connectivity index (χ0) is 20.1. The molecule has 1 N–H and O–H groups in total. The number of likely N-dealkylation sites (tertiary alicyclic amines) is 1. The summed E-state index contributed by atoms with van der Waals surface area (Å²) in [5.74, 6) is 0.833. The second-order valence-corrected chi connectivity index (χ2v) is 7.33. The highest BCUT2D eigenvalue weighted by atomic mass is 16.5. The van der Waals surface area contributed by atoms with Crippen LogP contribution in [-0.2, 0) is 13.1 Å². The third kappa shape index (κ3) is 4.59. The lowest BCUT2D eigenvalue weighted by atomic mass is 10.0. The van der Waals surface area contributed by atoms with Crippen LogP contribution in [0, 0.1) is 0 Å². The second-order valence-electron chi connectivity index (χ2n) is 7.33. The molecule has 1 aliphatic rings. The van der Waals surface area contributed by atoms with Gasteiger partial charge in [-0.1, -0.05) is 36.4 Å². The van der Waals surface area contributed by atoms with Crippen molar-refractivity contribution in [3.05, 3.63) is 83.9 Å². The SMILES string of the molecule is COc1ccc(C2CCCN2C(=O)NCc2ccc(Cn3ccnc3)cc2)cc1. The van der Waals surface area contributed by atoms with Crippen LogP contribution in [0.4, 0.5) is 4.79 Å². The van der Waals surface area contributed by atoms with Crippen LogP contribution in [0.15, 0.2) is 67.3 Å². The number of methoxy groups -OCH3 is 1. The van der Waals surface area contributed by atoms with Gasteiger partial charge >= 0.3 is 6.03 Å². The number of aromatic nitrogens is 2. The van der Waals surface area contributed by atoms with E-state index in [9.17, 15) is 4.79 Å². The quantitative estimate of drug-likeness (QED) is 0.692. The van der Waals surface area contributed by atoms with Crippen molar-refractivity contribution in [1.29, 1.82) is 0 Å². The number of imidazole rings is 1. The third-order valence-electron chi connectivity index (χ3n) is 5.41. The molecular formula is C23H26N4O2. The van der Waals surface area contributed by atoms with Crippen molar-refractivity contribution in [3.8, 4) is 5.75 Å². The van der Waals surface area contributed by atoms with Gasteiger partial charge in [-0.2, -0.15) is 0 Å². The van der Waals surface area contributed by atoms with E-state index < -0.39 is 0 Å². The van der Waals surface area contributed by atoms with Crippen LogP contribution in [0.3, 0.4) is 0 Å². The molecule has 150 valence electrons. The van der Waals surface area contributed by atoms with Crippen molar-refractivity contribution in [2.45, 2.75) is 32.0 Å². The largest absolute Gasteiger partial charge is 0.497 e. The van der Waals surface area contributed by atoms with E-state index in [1.807, 2.05) is 46.3 Å². The molecule has 6 nitrogen and oxygen atoms in total. The van der Waals surface area contributed by atoms with Crippen molar-refractivity contribution in [1.82, 2.24) is 19.8 Å². The summed E-state index contributed by atoms with van der Waals surface area (Å²) in [6, 6.07) is 16.4. The fraction of sp³-hybridized carbons (Fsp3) is 0.304. The molecule has 1 aliphatic heterocycles. The summed E-state index contributed by atoms with van der Waals surface area (Å²) < 4.78 is 7.27. The normalized spacial score (nSPS) is 16.0. The van der Waals surface area contributed by atoms with Gasteiger partial charge in [0.1, 0.15) is 5.75 Å². The van der Waals surface area contributed by atoms with Crippen molar-refractivity contribution in [3.63, 3.8) is 0 Å². The maximum Gasteiger partial charge on any atom is 0.318 e. The highest BCUT2D eigenvalue weighted by Crippen LogP contribution is 2.32. The molecule has 1 fully saturated rings. The van der Waals surface area contributed by atoms with Crippen LogP contribution in [0.25, 0.3) is 0 Å². The van der Waals surface area contributed by atoms with Crippen LogP contribution in [-0.4, -0.2) is 34.1 Å². The van der Waals surface area contributed by atoms with Gasteiger partial charge in [0.25, 0.3) is 0 Å². The van der Waals surface area contributed by atoms with Gasteiger partial charge < -0.3 is 19.5 Å². The number of amides is 2. The maximum atomic E-state index is 12.8. The zero-order valence-electron chi connectivity index (χ0n) is 16.6. The molecule has 0 bridgehead atoms.